The van der Waals surface area contributed by atoms with Gasteiger partial charge in [0.25, 0.3) is 17.1 Å². The number of fused-ring (bicyclic) bond motifs is 1. The van der Waals surface area contributed by atoms with Crippen molar-refractivity contribution in [2.24, 2.45) is 11.8 Å². The molecule has 3 aromatic carbocycles. The molecule has 0 unspecified atom stereocenters. The van der Waals surface area contributed by atoms with Crippen LogP contribution in [0.3, 0.4) is 0 Å². The van der Waals surface area contributed by atoms with Crippen molar-refractivity contribution in [1.29, 1.82) is 0 Å². The van der Waals surface area contributed by atoms with E-state index in [-0.39, 0.29) is 62.1 Å². The second-order valence-corrected chi connectivity index (χ2v) is 16.7. The van der Waals surface area contributed by atoms with Crippen molar-refractivity contribution in [3.05, 3.63) is 130 Å². The van der Waals surface area contributed by atoms with Gasteiger partial charge in [0.05, 0.1) is 45.5 Å². The number of nitro benzene ring substituents is 3. The van der Waals surface area contributed by atoms with Crippen LogP contribution in [0.4, 0.5) is 26.7 Å². The number of likely N-dealkylation sites (tertiary alicyclic amines) is 1. The van der Waals surface area contributed by atoms with Crippen molar-refractivity contribution in [1.82, 2.24) is 20.4 Å². The summed E-state index contributed by atoms with van der Waals surface area (Å²) >= 11 is 1.21. The molecular formula is C41H43N7O16S. The molecule has 0 spiro atoms. The predicted molar refractivity (Wildman–Crippen MR) is 225 cm³/mol. The minimum absolute atomic E-state index is 0.000728. The first-order chi connectivity index (χ1) is 31.0. The molecule has 24 heteroatoms. The van der Waals surface area contributed by atoms with Crippen LogP contribution in [0.5, 0.6) is 0 Å². The largest absolute Gasteiger partial charge is 0.456 e. The topological polar surface area (TPSA) is 313 Å². The Morgan fingerprint density at radius 3 is 1.78 bits per heavy atom. The molecule has 4 amide bonds. The number of carbonyl (C=O) groups is 5. The SMILES string of the molecule is C[C@@H](O)[C@H]1C(=O)N2C(C(=O)OCc3ccc([N+](=O)[O-])cc3)=C(S[C@H]3C[C@@H](CNC(=O)[C@H](CO)NC(=O)OCc4ccc([N+](=O)[O-])cc4)N(C(=O)OCc4ccc([N+](=O)[O-])cc4)C3)[C@H](C)[C@H]12. The highest BCUT2D eigenvalue weighted by molar-refractivity contribution is 8.03. The summed E-state index contributed by atoms with van der Waals surface area (Å²) in [4.78, 5) is 101. The average Bonchev–Trinajstić information content (AvgIpc) is 3.80. The van der Waals surface area contributed by atoms with Crippen LogP contribution in [0.15, 0.2) is 83.4 Å². The van der Waals surface area contributed by atoms with E-state index in [1.807, 2.05) is 0 Å². The van der Waals surface area contributed by atoms with Gasteiger partial charge in [-0.3, -0.25) is 39.9 Å². The number of ether oxygens (including phenoxy) is 3. The number of rotatable bonds is 18. The summed E-state index contributed by atoms with van der Waals surface area (Å²) in [7, 11) is 0. The van der Waals surface area contributed by atoms with E-state index < -0.39 is 92.7 Å². The highest BCUT2D eigenvalue weighted by atomic mass is 32.2. The average molecular weight is 922 g/mol. The van der Waals surface area contributed by atoms with Crippen molar-refractivity contribution in [3.63, 3.8) is 0 Å². The lowest BCUT2D eigenvalue weighted by atomic mass is 9.79. The summed E-state index contributed by atoms with van der Waals surface area (Å²) in [5.74, 6) is -3.47. The fraction of sp³-hybridized carbons (Fsp3) is 0.390. The molecule has 6 rings (SSSR count). The van der Waals surface area contributed by atoms with Crippen LogP contribution in [0.1, 0.15) is 37.0 Å². The number of amides is 4. The number of nitro groups is 3. The number of carbonyl (C=O) groups excluding carboxylic acids is 5. The Morgan fingerprint density at radius 2 is 1.31 bits per heavy atom. The van der Waals surface area contributed by atoms with Crippen molar-refractivity contribution in [2.75, 3.05) is 19.7 Å². The summed E-state index contributed by atoms with van der Waals surface area (Å²) in [6.07, 6.45) is -2.75. The second-order valence-electron chi connectivity index (χ2n) is 15.4. The quantitative estimate of drug-likeness (QED) is 0.0467. The highest BCUT2D eigenvalue weighted by Gasteiger charge is 2.60. The number of aliphatic hydroxyl groups is 2. The van der Waals surface area contributed by atoms with Crippen LogP contribution >= 0.6 is 11.8 Å². The lowest BCUT2D eigenvalue weighted by Gasteiger charge is -2.46. The molecule has 344 valence electrons. The maximum atomic E-state index is 13.8. The lowest BCUT2D eigenvalue weighted by Crippen LogP contribution is -2.63. The fourth-order valence-corrected chi connectivity index (χ4v) is 9.24. The van der Waals surface area contributed by atoms with E-state index in [1.54, 1.807) is 6.92 Å². The van der Waals surface area contributed by atoms with E-state index in [4.69, 9.17) is 14.2 Å². The molecule has 3 heterocycles. The molecule has 0 aliphatic carbocycles. The molecule has 4 N–H and O–H groups in total. The Bertz CT molecular complexity index is 2360. The Balaban J connectivity index is 1.17. The van der Waals surface area contributed by atoms with Crippen LogP contribution in [0.25, 0.3) is 0 Å². The molecule has 3 aliphatic rings. The lowest BCUT2D eigenvalue weighted by molar-refractivity contribution is -0.385. The van der Waals surface area contributed by atoms with Crippen LogP contribution in [-0.4, -0.2) is 114 Å². The van der Waals surface area contributed by atoms with Gasteiger partial charge in [0.1, 0.15) is 31.6 Å². The number of nitrogens with one attached hydrogen (secondary N) is 2. The van der Waals surface area contributed by atoms with Gasteiger partial charge in [-0.2, -0.15) is 0 Å². The smallest absolute Gasteiger partial charge is 0.410 e. The van der Waals surface area contributed by atoms with Gasteiger partial charge in [-0.15, -0.1) is 11.8 Å². The molecule has 3 aliphatic heterocycles. The first-order valence-electron chi connectivity index (χ1n) is 20.0. The molecule has 0 radical (unpaired) electrons. The van der Waals surface area contributed by atoms with Gasteiger partial charge < -0.3 is 44.9 Å². The number of β-lactam (4-membered cyclic amide) rings is 1. The first-order valence-corrected chi connectivity index (χ1v) is 20.9. The van der Waals surface area contributed by atoms with Crippen LogP contribution in [-0.2, 0) is 48.4 Å². The van der Waals surface area contributed by atoms with Gasteiger partial charge >= 0.3 is 18.2 Å². The molecule has 0 aromatic heterocycles. The van der Waals surface area contributed by atoms with Crippen LogP contribution < -0.4 is 10.6 Å². The third kappa shape index (κ3) is 11.0. The van der Waals surface area contributed by atoms with Crippen molar-refractivity contribution in [2.45, 2.75) is 69.6 Å². The Labute approximate surface area is 373 Å². The molecule has 0 saturated carbocycles. The van der Waals surface area contributed by atoms with Crippen LogP contribution in [0, 0.1) is 42.2 Å². The van der Waals surface area contributed by atoms with Crippen molar-refractivity contribution >= 4 is 58.8 Å². The number of non-ortho nitro benzene ring substituents is 3. The van der Waals surface area contributed by atoms with Gasteiger partial charge in [0.15, 0.2) is 0 Å². The number of hydrogen-bond acceptors (Lipinski definition) is 17. The summed E-state index contributed by atoms with van der Waals surface area (Å²) in [6, 6.07) is 13.1. The number of hydrogen-bond donors (Lipinski definition) is 4. The van der Waals surface area contributed by atoms with E-state index in [2.05, 4.69) is 10.6 Å². The zero-order valence-electron chi connectivity index (χ0n) is 34.7. The molecular weight excluding hydrogens is 879 g/mol. The summed E-state index contributed by atoms with van der Waals surface area (Å²) in [5, 5.41) is 58.0. The van der Waals surface area contributed by atoms with Crippen molar-refractivity contribution in [3.8, 4) is 0 Å². The van der Waals surface area contributed by atoms with Crippen LogP contribution in [0.2, 0.25) is 0 Å². The second kappa shape index (κ2) is 20.5. The van der Waals surface area contributed by atoms with Gasteiger partial charge in [-0.1, -0.05) is 6.92 Å². The van der Waals surface area contributed by atoms with E-state index >= 15 is 0 Å². The Morgan fingerprint density at radius 1 is 0.815 bits per heavy atom. The minimum atomic E-state index is -1.50. The van der Waals surface area contributed by atoms with Gasteiger partial charge in [-0.05, 0) is 66.4 Å². The number of nitrogens with zero attached hydrogens (tertiary/aromatic N) is 5. The maximum absolute atomic E-state index is 13.8. The van der Waals surface area contributed by atoms with E-state index in [1.165, 1.54) is 101 Å². The molecule has 3 aromatic rings. The Hall–Kier alpha value is -7.18. The molecule has 65 heavy (non-hydrogen) atoms. The number of alkyl carbamates (subject to hydrolysis) is 1. The van der Waals surface area contributed by atoms with Gasteiger partial charge in [0, 0.05) is 65.6 Å². The summed E-state index contributed by atoms with van der Waals surface area (Å²) in [6.45, 7) is 1.36. The van der Waals surface area contributed by atoms with Gasteiger partial charge in [0.2, 0.25) is 11.8 Å². The fourth-order valence-electron chi connectivity index (χ4n) is 7.68. The monoisotopic (exact) mass is 921 g/mol. The third-order valence-corrected chi connectivity index (χ3v) is 12.5. The predicted octanol–water partition coefficient (Wildman–Crippen LogP) is 3.44. The molecule has 2 saturated heterocycles. The Kier molecular flexibility index (Phi) is 15.0. The summed E-state index contributed by atoms with van der Waals surface area (Å²) < 4.78 is 16.3. The number of aliphatic hydroxyl groups excluding tert-OH is 2. The summed E-state index contributed by atoms with van der Waals surface area (Å²) in [5.41, 5.74) is 0.765. The zero-order valence-corrected chi connectivity index (χ0v) is 35.5. The zero-order chi connectivity index (χ0) is 47.1. The maximum Gasteiger partial charge on any atom is 0.410 e. The van der Waals surface area contributed by atoms with E-state index in [0.717, 1.165) is 0 Å². The third-order valence-electron chi connectivity index (χ3n) is 11.1. The molecule has 7 atom stereocenters. The van der Waals surface area contributed by atoms with Crippen molar-refractivity contribution < 1.29 is 63.2 Å². The van der Waals surface area contributed by atoms with E-state index in [9.17, 15) is 64.5 Å². The molecule has 0 bridgehead atoms. The standard InChI is InChI=1S/C41H43N7O16S/c1-22-34-33(23(2)50)38(52)45(34)35(39(53)62-19-24-3-9-27(10-4-24)46(56)57)36(22)65-31-15-30(44(17-31)41(55)64-21-26-7-13-29(14-8-26)48(60)61)16-42-37(51)32(18-49)43-40(54)63-20-25-5-11-28(12-6-25)47(58)59/h3-14,22-23,30-34,49-50H,15-21H2,1-2H3,(H,42,51)(H,43,54)/t22-,23-,30+,31+,32+,33-,34-/m1/s1. The van der Waals surface area contributed by atoms with E-state index in [0.29, 0.717) is 21.6 Å². The van der Waals surface area contributed by atoms with Gasteiger partial charge in [-0.25, -0.2) is 14.4 Å². The number of benzene rings is 3. The minimum Gasteiger partial charge on any atom is -0.456 e. The highest BCUT2D eigenvalue weighted by Crippen LogP contribution is 2.52. The molecule has 23 nitrogen and oxygen atoms in total. The number of esters is 1. The normalized spacial score (nSPS) is 20.8. The number of thioether (sulfide) groups is 1. The first kappa shape index (κ1) is 47.3. The molecule has 2 fully saturated rings.